The number of benzene rings is 1. The van der Waals surface area contributed by atoms with Crippen LogP contribution in [0, 0.1) is 11.3 Å². The van der Waals surface area contributed by atoms with Gasteiger partial charge >= 0.3 is 0 Å². The second kappa shape index (κ2) is 8.23. The maximum absolute atomic E-state index is 6.16. The zero-order valence-corrected chi connectivity index (χ0v) is 18.1. The molecule has 6 heteroatoms. The quantitative estimate of drug-likeness (QED) is 0.595. The predicted molar refractivity (Wildman–Crippen MR) is 119 cm³/mol. The highest BCUT2D eigenvalue weighted by Crippen LogP contribution is 2.46. The maximum atomic E-state index is 6.16. The second-order valence-corrected chi connectivity index (χ2v) is 10.4. The highest BCUT2D eigenvalue weighted by Gasteiger charge is 2.51. The summed E-state index contributed by atoms with van der Waals surface area (Å²) in [5.74, 6) is 1.80. The Morgan fingerprint density at radius 3 is 2.55 bits per heavy atom. The normalized spacial score (nSPS) is 24.9. The molecule has 0 amide bonds. The smallest absolute Gasteiger partial charge is 0.120 e. The summed E-state index contributed by atoms with van der Waals surface area (Å²) in [5, 5.41) is 0. The van der Waals surface area contributed by atoms with Gasteiger partial charge in [-0.3, -0.25) is 9.80 Å². The van der Waals surface area contributed by atoms with Crippen LogP contribution in [0.15, 0.2) is 54.9 Å². The lowest BCUT2D eigenvalue weighted by Crippen LogP contribution is -2.34. The van der Waals surface area contributed by atoms with Crippen LogP contribution in [0.3, 0.4) is 0 Å². The first-order chi connectivity index (χ1) is 14.2. The molecule has 2 aliphatic heterocycles. The van der Waals surface area contributed by atoms with Crippen molar-refractivity contribution in [2.75, 3.05) is 26.2 Å². The van der Waals surface area contributed by atoms with Crippen molar-refractivity contribution >= 4 is 22.9 Å². The molecule has 2 unspecified atom stereocenters. The molecule has 4 nitrogen and oxygen atoms in total. The van der Waals surface area contributed by atoms with E-state index in [4.69, 9.17) is 11.6 Å². The first kappa shape index (κ1) is 19.3. The molecule has 3 aromatic rings. The Kier molecular flexibility index (Phi) is 5.48. The van der Waals surface area contributed by atoms with Gasteiger partial charge in [0.15, 0.2) is 0 Å². The molecule has 0 saturated carbocycles. The number of imidazole rings is 1. The zero-order valence-electron chi connectivity index (χ0n) is 16.6. The number of hydrogen-bond acceptors (Lipinski definition) is 4. The van der Waals surface area contributed by atoms with E-state index in [-0.39, 0.29) is 0 Å². The van der Waals surface area contributed by atoms with E-state index in [0.29, 0.717) is 5.41 Å². The molecule has 1 N–H and O–H groups in total. The third-order valence-corrected chi connectivity index (χ3v) is 7.81. The van der Waals surface area contributed by atoms with E-state index < -0.39 is 0 Å². The van der Waals surface area contributed by atoms with Crippen molar-refractivity contribution in [1.82, 2.24) is 19.8 Å². The number of thiophene rings is 1. The number of aryl methyl sites for hydroxylation is 1. The van der Waals surface area contributed by atoms with Gasteiger partial charge in [0, 0.05) is 55.4 Å². The Hall–Kier alpha value is -1.66. The molecule has 2 aromatic heterocycles. The van der Waals surface area contributed by atoms with Crippen LogP contribution in [0.4, 0.5) is 0 Å². The monoisotopic (exact) mass is 426 g/mol. The van der Waals surface area contributed by atoms with E-state index in [9.17, 15) is 0 Å². The number of rotatable bonds is 7. The lowest BCUT2D eigenvalue weighted by atomic mass is 9.76. The fraction of sp³-hybridized carbons (Fsp3) is 0.435. The van der Waals surface area contributed by atoms with Gasteiger partial charge in [-0.15, -0.1) is 11.3 Å². The summed E-state index contributed by atoms with van der Waals surface area (Å²) < 4.78 is 0.891. The summed E-state index contributed by atoms with van der Waals surface area (Å²) in [4.78, 5) is 14.3. The van der Waals surface area contributed by atoms with Gasteiger partial charge in [-0.05, 0) is 36.5 Å². The van der Waals surface area contributed by atoms with Crippen molar-refractivity contribution in [3.8, 4) is 0 Å². The standard InChI is InChI=1S/C23H27ClN4S/c24-21-7-6-20(29-21)14-27-12-19-13-28(15-22-25-10-11-26-22)17-23(19,16-27)9-8-18-4-2-1-3-5-18/h1-7,10-11,19H,8-9,12-17H2,(H,25,26). The van der Waals surface area contributed by atoms with Crippen LogP contribution in [0.25, 0.3) is 0 Å². The van der Waals surface area contributed by atoms with Gasteiger partial charge in [0.1, 0.15) is 5.82 Å². The van der Waals surface area contributed by atoms with Crippen molar-refractivity contribution < 1.29 is 0 Å². The summed E-state index contributed by atoms with van der Waals surface area (Å²) in [7, 11) is 0. The average molecular weight is 427 g/mol. The number of nitrogens with zero attached hydrogens (tertiary/aromatic N) is 3. The first-order valence-electron chi connectivity index (χ1n) is 10.4. The molecule has 5 rings (SSSR count). The predicted octanol–water partition coefficient (Wildman–Crippen LogP) is 4.69. The molecule has 4 heterocycles. The minimum absolute atomic E-state index is 0.365. The SMILES string of the molecule is Clc1ccc(CN2CC3CN(Cc4ncc[nH]4)CC3(CCc3ccccc3)C2)s1. The Labute approximate surface area is 181 Å². The molecule has 0 aliphatic carbocycles. The number of hydrogen-bond donors (Lipinski definition) is 1. The molecule has 0 bridgehead atoms. The number of halogens is 1. The highest BCUT2D eigenvalue weighted by molar-refractivity contribution is 7.16. The highest BCUT2D eigenvalue weighted by atomic mass is 35.5. The number of fused-ring (bicyclic) bond motifs is 1. The molecular formula is C23H27ClN4S. The number of nitrogens with one attached hydrogen (secondary N) is 1. The Balaban J connectivity index is 1.30. The fourth-order valence-corrected chi connectivity index (χ4v) is 6.42. The van der Waals surface area contributed by atoms with Gasteiger partial charge in [0.25, 0.3) is 0 Å². The Morgan fingerprint density at radius 2 is 1.86 bits per heavy atom. The van der Waals surface area contributed by atoms with E-state index in [2.05, 4.69) is 56.2 Å². The first-order valence-corrected chi connectivity index (χ1v) is 11.6. The summed E-state index contributed by atoms with van der Waals surface area (Å²) in [6.45, 7) is 6.63. The molecular weight excluding hydrogens is 400 g/mol. The van der Waals surface area contributed by atoms with E-state index in [0.717, 1.165) is 48.7 Å². The van der Waals surface area contributed by atoms with E-state index >= 15 is 0 Å². The van der Waals surface area contributed by atoms with Gasteiger partial charge in [0.05, 0.1) is 10.9 Å². The molecule has 2 atom stereocenters. The molecule has 2 aliphatic rings. The van der Waals surface area contributed by atoms with Crippen LogP contribution in [0.1, 0.15) is 22.7 Å². The van der Waals surface area contributed by atoms with Gasteiger partial charge in [-0.1, -0.05) is 41.9 Å². The van der Waals surface area contributed by atoms with Crippen LogP contribution in [-0.4, -0.2) is 45.9 Å². The summed E-state index contributed by atoms with van der Waals surface area (Å²) in [6.07, 6.45) is 6.18. The third kappa shape index (κ3) is 4.29. The molecule has 2 saturated heterocycles. The van der Waals surface area contributed by atoms with Gasteiger partial charge in [0.2, 0.25) is 0 Å². The lowest BCUT2D eigenvalue weighted by Gasteiger charge is -2.30. The van der Waals surface area contributed by atoms with Crippen molar-refractivity contribution in [2.24, 2.45) is 11.3 Å². The second-order valence-electron chi connectivity index (χ2n) is 8.63. The Morgan fingerprint density at radius 1 is 1.07 bits per heavy atom. The third-order valence-electron chi connectivity index (χ3n) is 6.59. The van der Waals surface area contributed by atoms with Crippen LogP contribution < -0.4 is 0 Å². The van der Waals surface area contributed by atoms with E-state index in [1.807, 2.05) is 18.5 Å². The lowest BCUT2D eigenvalue weighted by molar-refractivity contribution is 0.194. The maximum Gasteiger partial charge on any atom is 0.120 e. The van der Waals surface area contributed by atoms with Crippen LogP contribution in [0.5, 0.6) is 0 Å². The number of aromatic nitrogens is 2. The van der Waals surface area contributed by atoms with Gasteiger partial charge < -0.3 is 4.98 Å². The van der Waals surface area contributed by atoms with Gasteiger partial charge in [-0.2, -0.15) is 0 Å². The van der Waals surface area contributed by atoms with Gasteiger partial charge in [-0.25, -0.2) is 4.98 Å². The fourth-order valence-electron chi connectivity index (χ4n) is 5.29. The number of likely N-dealkylation sites (tertiary alicyclic amines) is 2. The van der Waals surface area contributed by atoms with Crippen molar-refractivity contribution in [3.63, 3.8) is 0 Å². The average Bonchev–Trinajstić information content (AvgIpc) is 3.47. The largest absolute Gasteiger partial charge is 0.348 e. The van der Waals surface area contributed by atoms with Crippen molar-refractivity contribution in [3.05, 3.63) is 75.5 Å². The molecule has 29 heavy (non-hydrogen) atoms. The molecule has 0 radical (unpaired) electrons. The van der Waals surface area contributed by atoms with Crippen molar-refractivity contribution in [1.29, 1.82) is 0 Å². The van der Waals surface area contributed by atoms with Crippen LogP contribution >= 0.6 is 22.9 Å². The Bertz CT molecular complexity index is 926. The summed E-state index contributed by atoms with van der Waals surface area (Å²) in [6, 6.07) is 15.2. The van der Waals surface area contributed by atoms with E-state index in [1.54, 1.807) is 11.3 Å². The van der Waals surface area contributed by atoms with Crippen LogP contribution in [-0.2, 0) is 19.5 Å². The molecule has 0 spiro atoms. The van der Waals surface area contributed by atoms with Crippen molar-refractivity contribution in [2.45, 2.75) is 25.9 Å². The summed E-state index contributed by atoms with van der Waals surface area (Å²) in [5.41, 5.74) is 1.82. The molecule has 1 aromatic carbocycles. The topological polar surface area (TPSA) is 35.2 Å². The zero-order chi connectivity index (χ0) is 19.7. The van der Waals surface area contributed by atoms with E-state index in [1.165, 1.54) is 30.0 Å². The minimum atomic E-state index is 0.365. The number of aromatic amines is 1. The number of H-pyrrole nitrogens is 1. The minimum Gasteiger partial charge on any atom is -0.348 e. The molecule has 2 fully saturated rings. The molecule has 152 valence electrons. The van der Waals surface area contributed by atoms with Crippen LogP contribution in [0.2, 0.25) is 4.34 Å². The summed E-state index contributed by atoms with van der Waals surface area (Å²) >= 11 is 7.87.